The van der Waals surface area contributed by atoms with Gasteiger partial charge in [0.1, 0.15) is 17.1 Å². The van der Waals surface area contributed by atoms with Crippen LogP contribution in [0.25, 0.3) is 11.0 Å². The van der Waals surface area contributed by atoms with E-state index in [1.54, 1.807) is 20.2 Å². The number of aryl methyl sites for hydroxylation is 2. The molecule has 0 fully saturated rings. The second kappa shape index (κ2) is 7.40. The van der Waals surface area contributed by atoms with Crippen LogP contribution in [-0.4, -0.2) is 44.7 Å². The summed E-state index contributed by atoms with van der Waals surface area (Å²) in [6, 6.07) is 11.2. The van der Waals surface area contributed by atoms with Gasteiger partial charge in [0.25, 0.3) is 5.91 Å². The summed E-state index contributed by atoms with van der Waals surface area (Å²) < 4.78 is 1.85. The second-order valence-corrected chi connectivity index (χ2v) is 7.00. The van der Waals surface area contributed by atoms with Crippen LogP contribution in [0.15, 0.2) is 36.4 Å². The number of nitrogens with zero attached hydrogens (tertiary/aromatic N) is 3. The molecule has 3 aromatic rings. The van der Waals surface area contributed by atoms with E-state index in [1.165, 1.54) is 4.90 Å². The fourth-order valence-electron chi connectivity index (χ4n) is 3.27. The van der Waals surface area contributed by atoms with Gasteiger partial charge in [-0.15, -0.1) is 0 Å². The van der Waals surface area contributed by atoms with E-state index in [0.29, 0.717) is 35.0 Å². The number of amides is 1. The third kappa shape index (κ3) is 3.53. The summed E-state index contributed by atoms with van der Waals surface area (Å²) >= 11 is 0. The summed E-state index contributed by atoms with van der Waals surface area (Å²) in [5, 5.41) is 21.3. The van der Waals surface area contributed by atoms with Gasteiger partial charge in [0.05, 0.1) is 11.6 Å². The minimum absolute atomic E-state index is 0.0154. The Bertz CT molecular complexity index is 977. The molecular formula is C21H25N3O3. The van der Waals surface area contributed by atoms with E-state index in [0.717, 1.165) is 11.4 Å². The Balaban J connectivity index is 2.03. The smallest absolute Gasteiger partial charge is 0.253 e. The number of aromatic nitrogens is 2. The lowest BCUT2D eigenvalue weighted by Gasteiger charge is -2.17. The Morgan fingerprint density at radius 2 is 1.93 bits per heavy atom. The van der Waals surface area contributed by atoms with Crippen molar-refractivity contribution in [3.05, 3.63) is 58.9 Å². The fourth-order valence-corrected chi connectivity index (χ4v) is 3.27. The first-order valence-electron chi connectivity index (χ1n) is 8.93. The highest BCUT2D eigenvalue weighted by atomic mass is 16.3. The molecular weight excluding hydrogens is 342 g/mol. The van der Waals surface area contributed by atoms with Crippen LogP contribution >= 0.6 is 0 Å². The molecule has 3 rings (SSSR count). The molecule has 2 N–H and O–H groups in total. The summed E-state index contributed by atoms with van der Waals surface area (Å²) in [5.41, 5.74) is 2.96. The van der Waals surface area contributed by atoms with Crippen molar-refractivity contribution in [3.63, 3.8) is 0 Å². The van der Waals surface area contributed by atoms with E-state index < -0.39 is 6.10 Å². The minimum atomic E-state index is -0.672. The molecule has 0 aliphatic carbocycles. The molecule has 1 heterocycles. The Morgan fingerprint density at radius 1 is 1.26 bits per heavy atom. The van der Waals surface area contributed by atoms with Gasteiger partial charge >= 0.3 is 0 Å². The molecule has 6 heteroatoms. The maximum Gasteiger partial charge on any atom is 0.253 e. The van der Waals surface area contributed by atoms with Crippen molar-refractivity contribution in [2.24, 2.45) is 7.05 Å². The normalized spacial score (nSPS) is 12.3. The van der Waals surface area contributed by atoms with Crippen molar-refractivity contribution in [1.82, 2.24) is 14.5 Å². The summed E-state index contributed by atoms with van der Waals surface area (Å²) in [6.45, 7) is 1.85. The molecule has 27 heavy (non-hydrogen) atoms. The lowest BCUT2D eigenvalue weighted by atomic mass is 9.96. The summed E-state index contributed by atoms with van der Waals surface area (Å²) in [7, 11) is 5.22. The first-order chi connectivity index (χ1) is 12.8. The number of aliphatic hydroxyl groups excluding tert-OH is 1. The fraction of sp³-hybridized carbons (Fsp3) is 0.333. The van der Waals surface area contributed by atoms with Crippen LogP contribution in [0.1, 0.15) is 39.8 Å². The molecule has 2 aromatic carbocycles. The van der Waals surface area contributed by atoms with Crippen LogP contribution in [0, 0.1) is 6.92 Å². The van der Waals surface area contributed by atoms with Crippen molar-refractivity contribution in [2.45, 2.75) is 25.9 Å². The zero-order chi connectivity index (χ0) is 19.7. The zero-order valence-corrected chi connectivity index (χ0v) is 16.1. The third-order valence-corrected chi connectivity index (χ3v) is 4.97. The molecule has 6 nitrogen and oxygen atoms in total. The lowest BCUT2D eigenvalue weighted by molar-refractivity contribution is 0.0825. The van der Waals surface area contributed by atoms with Crippen molar-refractivity contribution < 1.29 is 15.0 Å². The summed E-state index contributed by atoms with van der Waals surface area (Å²) in [5.74, 6) is 0.585. The van der Waals surface area contributed by atoms with Gasteiger partial charge < -0.3 is 19.7 Å². The van der Waals surface area contributed by atoms with E-state index in [4.69, 9.17) is 0 Å². The van der Waals surface area contributed by atoms with Crippen LogP contribution in [0.4, 0.5) is 0 Å². The van der Waals surface area contributed by atoms with Crippen molar-refractivity contribution >= 4 is 16.9 Å². The maximum absolute atomic E-state index is 12.7. The second-order valence-electron chi connectivity index (χ2n) is 7.00. The molecule has 0 unspecified atom stereocenters. The van der Waals surface area contributed by atoms with Gasteiger partial charge in [-0.25, -0.2) is 4.98 Å². The zero-order valence-electron chi connectivity index (χ0n) is 16.1. The molecule has 0 saturated heterocycles. The quantitative estimate of drug-likeness (QED) is 0.727. The largest absolute Gasteiger partial charge is 0.505 e. The predicted octanol–water partition coefficient (Wildman–Crippen LogP) is 2.96. The number of carbonyl (C=O) groups excluding carboxylic acids is 1. The predicted molar refractivity (Wildman–Crippen MR) is 105 cm³/mol. The highest BCUT2D eigenvalue weighted by molar-refractivity contribution is 6.01. The molecule has 1 aromatic heterocycles. The van der Waals surface area contributed by atoms with E-state index in [-0.39, 0.29) is 11.7 Å². The van der Waals surface area contributed by atoms with Crippen LogP contribution in [0.2, 0.25) is 0 Å². The SMILES string of the molecule is Cc1nc2c(O)c(CC[C@H](O)c3ccccc3)c(C(=O)N(C)C)cc2n1C. The monoisotopic (exact) mass is 367 g/mol. The molecule has 1 amide bonds. The standard InChI is InChI=1S/C21H25N3O3/c1-13-22-19-17(24(13)4)12-16(21(27)23(2)3)15(20(19)26)10-11-18(25)14-8-6-5-7-9-14/h5-9,12,18,25-26H,10-11H2,1-4H3/t18-/m0/s1. The summed E-state index contributed by atoms with van der Waals surface area (Å²) in [4.78, 5) is 18.6. The van der Waals surface area contributed by atoms with Gasteiger partial charge in [-0.05, 0) is 31.4 Å². The van der Waals surface area contributed by atoms with Crippen molar-refractivity contribution in [3.8, 4) is 5.75 Å². The van der Waals surface area contributed by atoms with Gasteiger partial charge in [0, 0.05) is 32.3 Å². The third-order valence-electron chi connectivity index (χ3n) is 4.97. The lowest BCUT2D eigenvalue weighted by Crippen LogP contribution is -2.23. The maximum atomic E-state index is 12.7. The molecule has 1 atom stereocenters. The number of aliphatic hydroxyl groups is 1. The average molecular weight is 367 g/mol. The summed E-state index contributed by atoms with van der Waals surface area (Å²) in [6.07, 6.45) is 0.0828. The molecule has 0 saturated carbocycles. The number of imidazole rings is 1. The van der Waals surface area contributed by atoms with E-state index in [2.05, 4.69) is 4.98 Å². The van der Waals surface area contributed by atoms with E-state index in [9.17, 15) is 15.0 Å². The Morgan fingerprint density at radius 3 is 2.56 bits per heavy atom. The van der Waals surface area contributed by atoms with Crippen LogP contribution in [0.5, 0.6) is 5.75 Å². The van der Waals surface area contributed by atoms with Gasteiger partial charge in [-0.1, -0.05) is 30.3 Å². The van der Waals surface area contributed by atoms with Crippen LogP contribution in [0.3, 0.4) is 0 Å². The van der Waals surface area contributed by atoms with Gasteiger partial charge in [0.2, 0.25) is 0 Å². The molecule has 142 valence electrons. The molecule has 0 aliphatic rings. The first kappa shape index (κ1) is 18.9. The van der Waals surface area contributed by atoms with E-state index >= 15 is 0 Å². The number of benzene rings is 2. The first-order valence-corrected chi connectivity index (χ1v) is 8.93. The van der Waals surface area contributed by atoms with Crippen molar-refractivity contribution in [2.75, 3.05) is 14.1 Å². The number of carbonyl (C=O) groups is 1. The topological polar surface area (TPSA) is 78.6 Å². The number of hydrogen-bond acceptors (Lipinski definition) is 4. The number of aromatic hydroxyl groups is 1. The van der Waals surface area contributed by atoms with E-state index in [1.807, 2.05) is 48.9 Å². The molecule has 0 radical (unpaired) electrons. The number of hydrogen-bond donors (Lipinski definition) is 2. The Kier molecular flexibility index (Phi) is 5.19. The van der Waals surface area contributed by atoms with Gasteiger partial charge in [-0.3, -0.25) is 4.79 Å². The Hall–Kier alpha value is -2.86. The molecule has 0 aliphatic heterocycles. The molecule has 0 bridgehead atoms. The Labute approximate surface area is 158 Å². The van der Waals surface area contributed by atoms with Crippen LogP contribution < -0.4 is 0 Å². The molecule has 0 spiro atoms. The number of fused-ring (bicyclic) bond motifs is 1. The highest BCUT2D eigenvalue weighted by Crippen LogP contribution is 2.34. The van der Waals surface area contributed by atoms with Gasteiger partial charge in [0.15, 0.2) is 0 Å². The van der Waals surface area contributed by atoms with Crippen LogP contribution in [-0.2, 0) is 13.5 Å². The number of rotatable bonds is 5. The minimum Gasteiger partial charge on any atom is -0.505 e. The number of phenolic OH excluding ortho intramolecular Hbond substituents is 1. The van der Waals surface area contributed by atoms with Gasteiger partial charge in [-0.2, -0.15) is 0 Å². The number of phenols is 1. The van der Waals surface area contributed by atoms with Crippen molar-refractivity contribution in [1.29, 1.82) is 0 Å². The average Bonchev–Trinajstić information content (AvgIpc) is 2.95. The highest BCUT2D eigenvalue weighted by Gasteiger charge is 2.23.